The molecule has 0 radical (unpaired) electrons. The Morgan fingerprint density at radius 2 is 1.71 bits per heavy atom. The van der Waals surface area contributed by atoms with Gasteiger partial charge < -0.3 is 10.0 Å². The SMILES string of the molecule is CC1(C(=O)O)CCC(n2ncc(C(=O)N(CC(=O)c3c(Cl)cc(F)cc3Cl)CC3CC3)c2C(F)(F)F)CC1. The molecule has 0 aliphatic heterocycles. The number of nitrogens with zero attached hydrogens (tertiary/aromatic N) is 3. The van der Waals surface area contributed by atoms with E-state index in [1.165, 1.54) is 0 Å². The Morgan fingerprint density at radius 1 is 1.13 bits per heavy atom. The number of ketones is 1. The first kappa shape index (κ1) is 28.4. The minimum absolute atomic E-state index is 0.0299. The van der Waals surface area contributed by atoms with Crippen molar-refractivity contribution in [3.05, 3.63) is 51.0 Å². The van der Waals surface area contributed by atoms with Crippen molar-refractivity contribution in [3.63, 3.8) is 0 Å². The van der Waals surface area contributed by atoms with Gasteiger partial charge in [0, 0.05) is 6.54 Å². The van der Waals surface area contributed by atoms with Gasteiger partial charge in [-0.05, 0) is 63.5 Å². The van der Waals surface area contributed by atoms with Crippen LogP contribution in [-0.2, 0) is 11.0 Å². The van der Waals surface area contributed by atoms with Crippen molar-refractivity contribution in [2.75, 3.05) is 13.1 Å². The fourth-order valence-corrected chi connectivity index (χ4v) is 5.51. The number of Topliss-reactive ketones (excluding diaryl/α,β-unsaturated/α-hetero) is 1. The predicted molar refractivity (Wildman–Crippen MR) is 130 cm³/mol. The first-order valence-electron chi connectivity index (χ1n) is 12.1. The topological polar surface area (TPSA) is 92.5 Å². The first-order chi connectivity index (χ1) is 17.7. The van der Waals surface area contributed by atoms with Crippen LogP contribution in [0.25, 0.3) is 0 Å². The number of halogens is 6. The quantitative estimate of drug-likeness (QED) is 0.294. The summed E-state index contributed by atoms with van der Waals surface area (Å²) in [6.07, 6.45) is -1.96. The lowest BCUT2D eigenvalue weighted by molar-refractivity contribution is -0.152. The molecule has 0 saturated heterocycles. The van der Waals surface area contributed by atoms with Crippen molar-refractivity contribution in [1.82, 2.24) is 14.7 Å². The average Bonchev–Trinajstić information content (AvgIpc) is 3.51. The fraction of sp³-hybridized carbons (Fsp3) is 0.520. The van der Waals surface area contributed by atoms with E-state index in [1.807, 2.05) is 0 Å². The maximum atomic E-state index is 14.3. The van der Waals surface area contributed by atoms with E-state index in [1.54, 1.807) is 6.92 Å². The van der Waals surface area contributed by atoms with E-state index < -0.39 is 58.9 Å². The first-order valence-corrected chi connectivity index (χ1v) is 12.8. The van der Waals surface area contributed by atoms with Crippen LogP contribution in [-0.4, -0.2) is 50.5 Å². The van der Waals surface area contributed by atoms with Crippen LogP contribution < -0.4 is 0 Å². The van der Waals surface area contributed by atoms with Gasteiger partial charge in [-0.1, -0.05) is 23.2 Å². The van der Waals surface area contributed by atoms with Crippen LogP contribution in [0.4, 0.5) is 17.6 Å². The zero-order valence-corrected chi connectivity index (χ0v) is 21.8. The van der Waals surface area contributed by atoms with Gasteiger partial charge in [0.2, 0.25) is 0 Å². The molecule has 13 heteroatoms. The third-order valence-corrected chi connectivity index (χ3v) is 7.89. The van der Waals surface area contributed by atoms with E-state index in [-0.39, 0.29) is 53.8 Å². The second-order valence-corrected chi connectivity index (χ2v) is 11.1. The monoisotopic (exact) mass is 577 g/mol. The number of hydrogen-bond donors (Lipinski definition) is 1. The fourth-order valence-electron chi connectivity index (χ4n) is 4.84. The number of rotatable bonds is 8. The van der Waals surface area contributed by atoms with Gasteiger partial charge in [0.05, 0.1) is 45.4 Å². The Kier molecular flexibility index (Phi) is 7.82. The summed E-state index contributed by atoms with van der Waals surface area (Å²) in [5, 5.41) is 12.8. The number of amides is 1. The molecule has 2 saturated carbocycles. The summed E-state index contributed by atoms with van der Waals surface area (Å²) in [6.45, 7) is 0.994. The van der Waals surface area contributed by atoms with Gasteiger partial charge >= 0.3 is 12.1 Å². The second kappa shape index (κ2) is 10.5. The molecule has 7 nitrogen and oxygen atoms in total. The molecule has 1 aromatic carbocycles. The van der Waals surface area contributed by atoms with Crippen LogP contribution >= 0.6 is 23.2 Å². The van der Waals surface area contributed by atoms with Gasteiger partial charge in [-0.15, -0.1) is 0 Å². The minimum Gasteiger partial charge on any atom is -0.481 e. The zero-order chi connectivity index (χ0) is 28.0. The molecule has 2 aromatic rings. The Hall–Kier alpha value is -2.66. The number of aromatic nitrogens is 2. The Balaban J connectivity index is 1.64. The Bertz CT molecular complexity index is 1240. The van der Waals surface area contributed by atoms with E-state index in [9.17, 15) is 37.1 Å². The summed E-state index contributed by atoms with van der Waals surface area (Å²) in [6, 6.07) is 1.04. The predicted octanol–water partition coefficient (Wildman–Crippen LogP) is 6.29. The summed E-state index contributed by atoms with van der Waals surface area (Å²) in [5.41, 5.74) is -3.20. The van der Waals surface area contributed by atoms with Gasteiger partial charge in [0.1, 0.15) is 5.82 Å². The third-order valence-electron chi connectivity index (χ3n) is 7.30. The summed E-state index contributed by atoms with van der Waals surface area (Å²) in [5.74, 6) is -3.51. The van der Waals surface area contributed by atoms with Gasteiger partial charge in [0.15, 0.2) is 11.5 Å². The van der Waals surface area contributed by atoms with Crippen molar-refractivity contribution in [2.24, 2.45) is 11.3 Å². The van der Waals surface area contributed by atoms with E-state index >= 15 is 0 Å². The molecule has 0 spiro atoms. The van der Waals surface area contributed by atoms with Gasteiger partial charge in [0.25, 0.3) is 5.91 Å². The number of carboxylic acid groups (broad SMARTS) is 1. The molecule has 1 aromatic heterocycles. The molecule has 4 rings (SSSR count). The molecule has 2 aliphatic carbocycles. The van der Waals surface area contributed by atoms with Crippen LogP contribution in [0.3, 0.4) is 0 Å². The minimum atomic E-state index is -4.94. The number of hydrogen-bond acceptors (Lipinski definition) is 4. The number of carbonyl (C=O) groups is 3. The van der Waals surface area contributed by atoms with Crippen molar-refractivity contribution >= 4 is 40.9 Å². The normalized spacial score (nSPS) is 21.8. The van der Waals surface area contributed by atoms with E-state index in [0.717, 1.165) is 40.8 Å². The number of carboxylic acids is 1. The molecule has 2 fully saturated rings. The lowest BCUT2D eigenvalue weighted by Gasteiger charge is -2.34. The Morgan fingerprint density at radius 3 is 2.21 bits per heavy atom. The van der Waals surface area contributed by atoms with Crippen molar-refractivity contribution in [2.45, 2.75) is 57.7 Å². The average molecular weight is 578 g/mol. The third kappa shape index (κ3) is 5.83. The smallest absolute Gasteiger partial charge is 0.433 e. The zero-order valence-electron chi connectivity index (χ0n) is 20.3. The highest BCUT2D eigenvalue weighted by molar-refractivity contribution is 6.40. The Labute approximate surface area is 225 Å². The summed E-state index contributed by atoms with van der Waals surface area (Å²) in [4.78, 5) is 39.1. The standard InChI is InChI=1S/C25H25Cl2F4N3O4/c1-24(23(37)38)6-4-15(5-7-24)34-21(25(29,30)31)16(10-32-34)22(36)33(11-13-2-3-13)12-19(35)20-17(26)8-14(28)9-18(20)27/h8-10,13,15H,2-7,11-12H2,1H3,(H,37,38). The van der Waals surface area contributed by atoms with Gasteiger partial charge in [-0.2, -0.15) is 18.3 Å². The summed E-state index contributed by atoms with van der Waals surface area (Å²) < 4.78 is 57.2. The molecular weight excluding hydrogens is 553 g/mol. The van der Waals surface area contributed by atoms with Crippen LogP contribution in [0.2, 0.25) is 10.0 Å². The molecule has 38 heavy (non-hydrogen) atoms. The molecule has 0 atom stereocenters. The van der Waals surface area contributed by atoms with E-state index in [4.69, 9.17) is 23.2 Å². The molecule has 1 amide bonds. The summed E-state index contributed by atoms with van der Waals surface area (Å²) >= 11 is 12.0. The molecule has 0 unspecified atom stereocenters. The largest absolute Gasteiger partial charge is 0.481 e. The number of alkyl halides is 3. The maximum absolute atomic E-state index is 14.3. The number of benzene rings is 1. The highest BCUT2D eigenvalue weighted by atomic mass is 35.5. The highest BCUT2D eigenvalue weighted by Crippen LogP contribution is 2.43. The lowest BCUT2D eigenvalue weighted by atomic mass is 9.74. The number of aliphatic carboxylic acids is 1. The highest BCUT2D eigenvalue weighted by Gasteiger charge is 2.45. The molecule has 2 aliphatic rings. The second-order valence-electron chi connectivity index (χ2n) is 10.2. The van der Waals surface area contributed by atoms with Crippen molar-refractivity contribution < 1.29 is 37.1 Å². The maximum Gasteiger partial charge on any atom is 0.433 e. The molecule has 1 N–H and O–H groups in total. The molecule has 206 valence electrons. The van der Waals surface area contributed by atoms with Crippen LogP contribution in [0.5, 0.6) is 0 Å². The molecule has 1 heterocycles. The van der Waals surface area contributed by atoms with Crippen LogP contribution in [0.1, 0.15) is 77.9 Å². The number of carbonyl (C=O) groups excluding carboxylic acids is 2. The van der Waals surface area contributed by atoms with Crippen molar-refractivity contribution in [3.8, 4) is 0 Å². The van der Waals surface area contributed by atoms with E-state index in [0.29, 0.717) is 0 Å². The lowest BCUT2D eigenvalue weighted by Crippen LogP contribution is -2.38. The summed E-state index contributed by atoms with van der Waals surface area (Å²) in [7, 11) is 0. The van der Waals surface area contributed by atoms with Gasteiger partial charge in [-0.25, -0.2) is 4.39 Å². The molecular formula is C25H25Cl2F4N3O4. The van der Waals surface area contributed by atoms with Crippen LogP contribution in [0, 0.1) is 17.2 Å². The molecule has 0 bridgehead atoms. The van der Waals surface area contributed by atoms with Crippen molar-refractivity contribution in [1.29, 1.82) is 0 Å². The van der Waals surface area contributed by atoms with E-state index in [2.05, 4.69) is 5.10 Å². The van der Waals surface area contributed by atoms with Crippen LogP contribution in [0.15, 0.2) is 18.3 Å². The van der Waals surface area contributed by atoms with Gasteiger partial charge in [-0.3, -0.25) is 19.1 Å².